The number of benzene rings is 1. The number of halogens is 1. The van der Waals surface area contributed by atoms with E-state index in [1.807, 2.05) is 53.6 Å². The Bertz CT molecular complexity index is 727. The second-order valence-corrected chi connectivity index (χ2v) is 6.50. The van der Waals surface area contributed by atoms with Gasteiger partial charge in [-0.25, -0.2) is 0 Å². The quantitative estimate of drug-likeness (QED) is 0.588. The molecule has 1 aromatic heterocycles. The molecule has 1 aliphatic rings. The average molecular weight is 388 g/mol. The highest BCUT2D eigenvalue weighted by atomic mass is 35.5. The van der Waals surface area contributed by atoms with Crippen molar-refractivity contribution in [2.75, 3.05) is 39.8 Å². The molecule has 1 N–H and O–H groups in total. The smallest absolute Gasteiger partial charge is 0.246 e. The Morgan fingerprint density at radius 3 is 2.56 bits per heavy atom. The molecule has 0 spiro atoms. The lowest BCUT2D eigenvalue weighted by Crippen LogP contribution is -3.15. The largest absolute Gasteiger partial charge is 1.00 e. The lowest BCUT2D eigenvalue weighted by atomic mass is 10.2. The van der Waals surface area contributed by atoms with Crippen molar-refractivity contribution >= 4 is 12.0 Å². The number of nitrogens with one attached hydrogen (secondary N) is 1. The van der Waals surface area contributed by atoms with Crippen molar-refractivity contribution in [3.05, 3.63) is 66.0 Å². The van der Waals surface area contributed by atoms with Crippen LogP contribution in [0.25, 0.3) is 6.08 Å². The summed E-state index contributed by atoms with van der Waals surface area (Å²) in [4.78, 5) is 20.2. The molecule has 5 nitrogen and oxygen atoms in total. The van der Waals surface area contributed by atoms with Crippen molar-refractivity contribution in [3.8, 4) is 5.75 Å². The van der Waals surface area contributed by atoms with Gasteiger partial charge < -0.3 is 26.9 Å². The van der Waals surface area contributed by atoms with Crippen molar-refractivity contribution in [1.29, 1.82) is 0 Å². The zero-order valence-corrected chi connectivity index (χ0v) is 16.4. The molecule has 1 fully saturated rings. The number of rotatable bonds is 6. The minimum absolute atomic E-state index is 0. The second-order valence-electron chi connectivity index (χ2n) is 6.50. The number of hydrogen-bond acceptors (Lipinski definition) is 3. The summed E-state index contributed by atoms with van der Waals surface area (Å²) in [5.41, 5.74) is 2.14. The monoisotopic (exact) mass is 387 g/mol. The molecule has 0 aliphatic carbocycles. The van der Waals surface area contributed by atoms with E-state index >= 15 is 0 Å². The van der Waals surface area contributed by atoms with Gasteiger partial charge in [0.15, 0.2) is 0 Å². The highest BCUT2D eigenvalue weighted by molar-refractivity contribution is 5.91. The number of methoxy groups -OCH3 is 1. The average Bonchev–Trinajstić information content (AvgIpc) is 2.72. The first-order valence-corrected chi connectivity index (χ1v) is 9.09. The van der Waals surface area contributed by atoms with Crippen LogP contribution >= 0.6 is 0 Å². The second kappa shape index (κ2) is 10.7. The Hall–Kier alpha value is -2.37. The van der Waals surface area contributed by atoms with Gasteiger partial charge in [-0.1, -0.05) is 18.2 Å². The van der Waals surface area contributed by atoms with Crippen molar-refractivity contribution in [1.82, 2.24) is 9.88 Å². The van der Waals surface area contributed by atoms with Crippen LogP contribution in [0.4, 0.5) is 0 Å². The van der Waals surface area contributed by atoms with Gasteiger partial charge in [0.2, 0.25) is 5.91 Å². The number of ether oxygens (including phenoxy) is 1. The van der Waals surface area contributed by atoms with Gasteiger partial charge in [-0.15, -0.1) is 0 Å². The van der Waals surface area contributed by atoms with E-state index in [4.69, 9.17) is 4.74 Å². The lowest BCUT2D eigenvalue weighted by Gasteiger charge is -2.31. The third-order valence-corrected chi connectivity index (χ3v) is 4.78. The minimum Gasteiger partial charge on any atom is -1.00 e. The summed E-state index contributed by atoms with van der Waals surface area (Å²) in [6.07, 6.45) is 6.36. The van der Waals surface area contributed by atoms with E-state index < -0.39 is 0 Å². The van der Waals surface area contributed by atoms with Crippen molar-refractivity contribution in [3.63, 3.8) is 0 Å². The number of amides is 1. The molecule has 1 saturated heterocycles. The summed E-state index contributed by atoms with van der Waals surface area (Å²) in [7, 11) is 1.65. The normalized spacial score (nSPS) is 14.8. The van der Waals surface area contributed by atoms with E-state index in [-0.39, 0.29) is 18.3 Å². The molecule has 1 amide bonds. The van der Waals surface area contributed by atoms with E-state index in [9.17, 15) is 4.79 Å². The molecule has 0 bridgehead atoms. The van der Waals surface area contributed by atoms with Crippen LogP contribution in [0.15, 0.2) is 54.7 Å². The summed E-state index contributed by atoms with van der Waals surface area (Å²) >= 11 is 0. The van der Waals surface area contributed by atoms with Crippen molar-refractivity contribution in [2.24, 2.45) is 0 Å². The highest BCUT2D eigenvalue weighted by Crippen LogP contribution is 2.12. The van der Waals surface area contributed by atoms with Crippen LogP contribution < -0.4 is 22.0 Å². The number of carbonyl (C=O) groups excluding carboxylic acids is 1. The molecule has 27 heavy (non-hydrogen) atoms. The molecular weight excluding hydrogens is 362 g/mol. The third-order valence-electron chi connectivity index (χ3n) is 4.78. The summed E-state index contributed by atoms with van der Waals surface area (Å²) in [6, 6.07) is 13.7. The Labute approximate surface area is 167 Å². The molecule has 3 rings (SSSR count). The Kier molecular flexibility index (Phi) is 8.30. The maximum atomic E-state index is 12.4. The maximum Gasteiger partial charge on any atom is 0.246 e. The topological polar surface area (TPSA) is 46.9 Å². The first-order valence-electron chi connectivity index (χ1n) is 9.09. The van der Waals surface area contributed by atoms with Crippen LogP contribution in [0, 0.1) is 0 Å². The molecular formula is C21H26ClN3O2. The van der Waals surface area contributed by atoms with Gasteiger partial charge in [0, 0.05) is 24.4 Å². The minimum atomic E-state index is 0. The molecule has 1 aromatic carbocycles. The molecule has 1 aliphatic heterocycles. The van der Waals surface area contributed by atoms with E-state index in [2.05, 4.69) is 11.1 Å². The van der Waals surface area contributed by atoms with Gasteiger partial charge in [0.25, 0.3) is 0 Å². The van der Waals surface area contributed by atoms with Gasteiger partial charge >= 0.3 is 0 Å². The van der Waals surface area contributed by atoms with Crippen LogP contribution in [-0.4, -0.2) is 55.6 Å². The molecule has 144 valence electrons. The number of nitrogens with zero attached hydrogens (tertiary/aromatic N) is 2. The fraction of sp³-hybridized carbons (Fsp3) is 0.333. The summed E-state index contributed by atoms with van der Waals surface area (Å²) < 4.78 is 5.14. The van der Waals surface area contributed by atoms with E-state index in [0.29, 0.717) is 0 Å². The van der Waals surface area contributed by atoms with Crippen LogP contribution in [0.1, 0.15) is 11.3 Å². The van der Waals surface area contributed by atoms with E-state index in [0.717, 1.165) is 56.2 Å². The zero-order chi connectivity index (χ0) is 18.2. The highest BCUT2D eigenvalue weighted by Gasteiger charge is 2.22. The van der Waals surface area contributed by atoms with Crippen LogP contribution in [0.5, 0.6) is 5.75 Å². The predicted molar refractivity (Wildman–Crippen MR) is 102 cm³/mol. The van der Waals surface area contributed by atoms with Gasteiger partial charge in [0.1, 0.15) is 5.75 Å². The molecule has 6 heteroatoms. The van der Waals surface area contributed by atoms with Gasteiger partial charge in [-0.05, 0) is 35.9 Å². The van der Waals surface area contributed by atoms with Gasteiger partial charge in [-0.3, -0.25) is 9.78 Å². The fourth-order valence-corrected chi connectivity index (χ4v) is 3.13. The van der Waals surface area contributed by atoms with Crippen molar-refractivity contribution in [2.45, 2.75) is 6.42 Å². The van der Waals surface area contributed by atoms with E-state index in [1.165, 1.54) is 0 Å². The number of quaternary nitrogens is 1. The Morgan fingerprint density at radius 2 is 1.93 bits per heavy atom. The number of piperazine rings is 1. The SMILES string of the molecule is COc1ccc(C=CC(=O)N2CC[NH+](CCc3ccccn3)CC2)cc1.[Cl-]. The maximum absolute atomic E-state index is 12.4. The molecule has 0 unspecified atom stereocenters. The van der Waals surface area contributed by atoms with Gasteiger partial charge in [0.05, 0.1) is 39.8 Å². The first kappa shape index (κ1) is 20.9. The third kappa shape index (κ3) is 6.38. The van der Waals surface area contributed by atoms with E-state index in [1.54, 1.807) is 18.1 Å². The fourth-order valence-electron chi connectivity index (χ4n) is 3.13. The lowest BCUT2D eigenvalue weighted by molar-refractivity contribution is -0.903. The predicted octanol–water partition coefficient (Wildman–Crippen LogP) is -1.92. The van der Waals surface area contributed by atoms with Crippen LogP contribution in [0.2, 0.25) is 0 Å². The molecule has 2 heterocycles. The molecule has 0 radical (unpaired) electrons. The van der Waals surface area contributed by atoms with Crippen molar-refractivity contribution < 1.29 is 26.8 Å². The number of carbonyl (C=O) groups is 1. The Morgan fingerprint density at radius 1 is 1.19 bits per heavy atom. The number of hydrogen-bond donors (Lipinski definition) is 1. The Balaban J connectivity index is 0.00000261. The number of pyridine rings is 1. The zero-order valence-electron chi connectivity index (χ0n) is 15.6. The summed E-state index contributed by atoms with van der Waals surface area (Å²) in [5, 5.41) is 0. The summed E-state index contributed by atoms with van der Waals surface area (Å²) in [5.74, 6) is 0.905. The first-order chi connectivity index (χ1) is 12.7. The van der Waals surface area contributed by atoms with Crippen LogP contribution in [-0.2, 0) is 11.2 Å². The molecule has 0 atom stereocenters. The summed E-state index contributed by atoms with van der Waals surface area (Å²) in [6.45, 7) is 4.68. The van der Waals surface area contributed by atoms with Crippen LogP contribution in [0.3, 0.4) is 0 Å². The molecule has 2 aromatic rings. The molecule has 0 saturated carbocycles. The van der Waals surface area contributed by atoms with Gasteiger partial charge in [-0.2, -0.15) is 0 Å². The standard InChI is InChI=1S/C21H25N3O2.ClH/c1-26-20-8-5-18(6-9-20)7-10-21(25)24-16-14-23(15-17-24)13-11-19-4-2-3-12-22-19;/h2-10,12H,11,13-17H2,1H3;1H. The number of aromatic nitrogens is 1.